The number of rotatable bonds is 9. The second kappa shape index (κ2) is 12.8. The first kappa shape index (κ1) is 28.1. The van der Waals surface area contributed by atoms with Crippen LogP contribution in [-0.2, 0) is 22.7 Å². The zero-order chi connectivity index (χ0) is 29.5. The van der Waals surface area contributed by atoms with Gasteiger partial charge in [0.25, 0.3) is 5.91 Å². The van der Waals surface area contributed by atoms with E-state index in [2.05, 4.69) is 10.6 Å². The summed E-state index contributed by atoms with van der Waals surface area (Å²) in [5.74, 6) is -1.90. The molecule has 3 N–H and O–H groups in total. The number of carboxylic acids is 1. The fraction of sp³-hybridized carbons (Fsp3) is 0.152. The number of para-hydroxylation sites is 1. The zero-order valence-corrected chi connectivity index (χ0v) is 22.7. The molecule has 1 heterocycles. The zero-order valence-electron chi connectivity index (χ0n) is 22.7. The van der Waals surface area contributed by atoms with Gasteiger partial charge in [-0.3, -0.25) is 19.3 Å². The summed E-state index contributed by atoms with van der Waals surface area (Å²) in [6.07, 6.45) is -0.759. The Labute approximate surface area is 242 Å². The van der Waals surface area contributed by atoms with E-state index in [1.807, 2.05) is 30.3 Å². The average Bonchev–Trinajstić information content (AvgIpc) is 3.09. The number of nitrogens with one attached hydrogen (secondary N) is 2. The van der Waals surface area contributed by atoms with Gasteiger partial charge in [0, 0.05) is 30.3 Å². The Kier molecular flexibility index (Phi) is 8.58. The topological polar surface area (TPSA) is 125 Å². The summed E-state index contributed by atoms with van der Waals surface area (Å²) in [6, 6.07) is 30.2. The largest absolute Gasteiger partial charge is 0.481 e. The van der Waals surface area contributed by atoms with E-state index >= 15 is 0 Å². The van der Waals surface area contributed by atoms with Crippen molar-refractivity contribution < 1.29 is 29.0 Å². The molecule has 0 aromatic heterocycles. The van der Waals surface area contributed by atoms with Crippen LogP contribution in [0.4, 0.5) is 10.5 Å². The smallest absolute Gasteiger partial charge is 0.412 e. The monoisotopic (exact) mass is 563 g/mol. The molecule has 0 saturated carbocycles. The Morgan fingerprint density at radius 1 is 0.738 bits per heavy atom. The van der Waals surface area contributed by atoms with Crippen LogP contribution in [-0.4, -0.2) is 35.5 Å². The summed E-state index contributed by atoms with van der Waals surface area (Å²) >= 11 is 0. The number of ether oxygens (including phenoxy) is 1. The number of hydrogen-bond donors (Lipinski definition) is 3. The highest BCUT2D eigenvalue weighted by molar-refractivity contribution is 6.11. The van der Waals surface area contributed by atoms with Gasteiger partial charge in [-0.05, 0) is 46.5 Å². The maximum absolute atomic E-state index is 13.6. The molecule has 0 radical (unpaired) electrons. The Morgan fingerprint density at radius 2 is 1.36 bits per heavy atom. The summed E-state index contributed by atoms with van der Waals surface area (Å²) < 4.78 is 5.32. The van der Waals surface area contributed by atoms with E-state index in [1.54, 1.807) is 72.8 Å². The van der Waals surface area contributed by atoms with Crippen LogP contribution in [0.5, 0.6) is 5.75 Å². The minimum Gasteiger partial charge on any atom is -0.481 e. The molecule has 0 bridgehead atoms. The summed E-state index contributed by atoms with van der Waals surface area (Å²) in [5, 5.41) is 15.1. The van der Waals surface area contributed by atoms with Gasteiger partial charge < -0.3 is 20.5 Å². The molecule has 0 aliphatic carbocycles. The molecular weight excluding hydrogens is 534 g/mol. The lowest BCUT2D eigenvalue weighted by atomic mass is 9.86. The number of carbonyl (C=O) groups excluding carboxylic acids is 3. The first-order valence-corrected chi connectivity index (χ1v) is 13.5. The molecule has 1 aliphatic rings. The molecule has 9 heteroatoms. The average molecular weight is 564 g/mol. The van der Waals surface area contributed by atoms with Crippen molar-refractivity contribution in [1.82, 2.24) is 10.6 Å². The van der Waals surface area contributed by atoms with Crippen molar-refractivity contribution in [3.8, 4) is 5.75 Å². The van der Waals surface area contributed by atoms with E-state index in [-0.39, 0.29) is 31.3 Å². The normalized spacial score (nSPS) is 13.8. The Morgan fingerprint density at radius 3 is 2.10 bits per heavy atom. The molecule has 9 nitrogen and oxygen atoms in total. The van der Waals surface area contributed by atoms with E-state index in [4.69, 9.17) is 4.74 Å². The van der Waals surface area contributed by atoms with Crippen molar-refractivity contribution in [2.24, 2.45) is 0 Å². The molecule has 5 rings (SSSR count). The first-order chi connectivity index (χ1) is 20.4. The molecule has 0 fully saturated rings. The van der Waals surface area contributed by atoms with E-state index in [1.165, 1.54) is 4.90 Å². The second-order valence-corrected chi connectivity index (χ2v) is 9.84. The maximum Gasteiger partial charge on any atom is 0.412 e. The maximum atomic E-state index is 13.6. The van der Waals surface area contributed by atoms with Gasteiger partial charge in [0.2, 0.25) is 5.91 Å². The van der Waals surface area contributed by atoms with Crippen molar-refractivity contribution in [1.29, 1.82) is 0 Å². The van der Waals surface area contributed by atoms with E-state index in [0.717, 1.165) is 11.1 Å². The highest BCUT2D eigenvalue weighted by Gasteiger charge is 2.34. The quantitative estimate of drug-likeness (QED) is 0.267. The summed E-state index contributed by atoms with van der Waals surface area (Å²) in [4.78, 5) is 51.9. The van der Waals surface area contributed by atoms with Crippen LogP contribution in [0.15, 0.2) is 103 Å². The number of fused-ring (bicyclic) bond motifs is 2. The van der Waals surface area contributed by atoms with Crippen molar-refractivity contribution in [3.63, 3.8) is 0 Å². The predicted molar refractivity (Wildman–Crippen MR) is 156 cm³/mol. The van der Waals surface area contributed by atoms with Crippen LogP contribution < -0.4 is 20.3 Å². The highest BCUT2D eigenvalue weighted by Crippen LogP contribution is 2.40. The third-order valence-corrected chi connectivity index (χ3v) is 7.00. The molecule has 42 heavy (non-hydrogen) atoms. The lowest BCUT2D eigenvalue weighted by molar-refractivity contribution is -0.137. The lowest BCUT2D eigenvalue weighted by Crippen LogP contribution is -2.40. The van der Waals surface area contributed by atoms with Crippen molar-refractivity contribution in [3.05, 3.63) is 131 Å². The van der Waals surface area contributed by atoms with Crippen LogP contribution in [0.1, 0.15) is 45.0 Å². The lowest BCUT2D eigenvalue weighted by Gasteiger charge is -2.23. The minimum atomic E-state index is -0.979. The number of aliphatic carboxylic acids is 1. The van der Waals surface area contributed by atoms with E-state index < -0.39 is 18.0 Å². The van der Waals surface area contributed by atoms with E-state index in [9.17, 15) is 24.3 Å². The predicted octanol–water partition coefficient (Wildman–Crippen LogP) is 4.86. The summed E-state index contributed by atoms with van der Waals surface area (Å²) in [6.45, 7) is 0.299. The van der Waals surface area contributed by atoms with Crippen LogP contribution in [0.25, 0.3) is 0 Å². The Balaban J connectivity index is 1.22. The number of carbonyl (C=O) groups is 4. The number of nitrogens with zero attached hydrogens (tertiary/aromatic N) is 1. The van der Waals surface area contributed by atoms with Gasteiger partial charge in [0.05, 0.1) is 6.42 Å². The van der Waals surface area contributed by atoms with Gasteiger partial charge in [-0.15, -0.1) is 0 Å². The van der Waals surface area contributed by atoms with Crippen LogP contribution in [0.2, 0.25) is 0 Å². The fourth-order valence-corrected chi connectivity index (χ4v) is 4.99. The van der Waals surface area contributed by atoms with Gasteiger partial charge >= 0.3 is 12.1 Å². The number of amides is 3. The molecule has 212 valence electrons. The number of benzene rings is 4. The first-order valence-electron chi connectivity index (χ1n) is 13.5. The van der Waals surface area contributed by atoms with Crippen LogP contribution >= 0.6 is 0 Å². The summed E-state index contributed by atoms with van der Waals surface area (Å²) in [5.41, 5.74) is 3.90. The van der Waals surface area contributed by atoms with Crippen LogP contribution in [0.3, 0.4) is 0 Å². The highest BCUT2D eigenvalue weighted by atomic mass is 16.6. The molecule has 1 aliphatic heterocycles. The minimum absolute atomic E-state index is 0.185. The standard InChI is InChI=1S/C33H29N3O6/c37-30(34-19-23-14-16-24(17-15-23)42-33(41)35-20-22-8-2-1-3-9-22)21-36-29-13-7-6-11-26(29)28(18-31(38)39)25-10-4-5-12-27(25)32(36)40/h1-17,28H,18-21H2,(H,34,37)(H,35,41)(H,38,39). The van der Waals surface area contributed by atoms with Crippen molar-refractivity contribution >= 4 is 29.6 Å². The Hall–Kier alpha value is -5.44. The van der Waals surface area contributed by atoms with Gasteiger partial charge in [-0.25, -0.2) is 4.79 Å². The number of anilines is 1. The molecule has 1 atom stereocenters. The fourth-order valence-electron chi connectivity index (χ4n) is 4.99. The van der Waals surface area contributed by atoms with Gasteiger partial charge in [0.1, 0.15) is 12.3 Å². The molecule has 4 aromatic carbocycles. The van der Waals surface area contributed by atoms with Gasteiger partial charge in [-0.1, -0.05) is 78.9 Å². The number of carboxylic acid groups (broad SMARTS) is 1. The van der Waals surface area contributed by atoms with Crippen LogP contribution in [0, 0.1) is 0 Å². The third-order valence-electron chi connectivity index (χ3n) is 7.00. The molecule has 3 amide bonds. The number of hydrogen-bond acceptors (Lipinski definition) is 5. The van der Waals surface area contributed by atoms with E-state index in [0.29, 0.717) is 34.7 Å². The third kappa shape index (κ3) is 6.64. The summed E-state index contributed by atoms with van der Waals surface area (Å²) in [7, 11) is 0. The molecule has 0 spiro atoms. The Bertz CT molecular complexity index is 1600. The molecule has 1 unspecified atom stereocenters. The van der Waals surface area contributed by atoms with Gasteiger partial charge in [0.15, 0.2) is 0 Å². The molecule has 0 saturated heterocycles. The molecular formula is C33H29N3O6. The molecule has 4 aromatic rings. The van der Waals surface area contributed by atoms with Crippen molar-refractivity contribution in [2.45, 2.75) is 25.4 Å². The van der Waals surface area contributed by atoms with Gasteiger partial charge in [-0.2, -0.15) is 0 Å². The second-order valence-electron chi connectivity index (χ2n) is 9.84. The van der Waals surface area contributed by atoms with Crippen molar-refractivity contribution in [2.75, 3.05) is 11.4 Å². The SMILES string of the molecule is O=C(O)CC1c2ccccc2C(=O)N(CC(=O)NCc2ccc(OC(=O)NCc3ccccc3)cc2)c2ccccc21.